The summed E-state index contributed by atoms with van der Waals surface area (Å²) in [6.45, 7) is 1.84. The third-order valence-corrected chi connectivity index (χ3v) is 2.12. The highest BCUT2D eigenvalue weighted by Gasteiger charge is 2.20. The van der Waals surface area contributed by atoms with Crippen LogP contribution in [0.1, 0.15) is 19.0 Å². The first-order chi connectivity index (χ1) is 6.53. The number of hydrogen-bond acceptors (Lipinski definition) is 1. The summed E-state index contributed by atoms with van der Waals surface area (Å²) in [6, 6.07) is 3.78. The van der Waals surface area contributed by atoms with E-state index in [0.29, 0.717) is 13.1 Å². The van der Waals surface area contributed by atoms with Crippen LogP contribution in [0.5, 0.6) is 0 Å². The van der Waals surface area contributed by atoms with Crippen LogP contribution in [0.3, 0.4) is 0 Å². The summed E-state index contributed by atoms with van der Waals surface area (Å²) in [5, 5.41) is 0. The second kappa shape index (κ2) is 4.55. The van der Waals surface area contributed by atoms with Gasteiger partial charge in [0.05, 0.1) is 0 Å². The lowest BCUT2D eigenvalue weighted by atomic mass is 10.2. The van der Waals surface area contributed by atoms with E-state index in [1.165, 1.54) is 0 Å². The zero-order valence-electron chi connectivity index (χ0n) is 8.34. The predicted octanol–water partition coefficient (Wildman–Crippen LogP) is 2.03. The lowest BCUT2D eigenvalue weighted by Crippen LogP contribution is -2.15. The van der Waals surface area contributed by atoms with Gasteiger partial charge in [0.25, 0.3) is 0 Å². The van der Waals surface area contributed by atoms with Crippen molar-refractivity contribution in [2.24, 2.45) is 5.73 Å². The summed E-state index contributed by atoms with van der Waals surface area (Å²) in [4.78, 5) is 0. The summed E-state index contributed by atoms with van der Waals surface area (Å²) in [5.41, 5.74) is 6.43. The average Bonchev–Trinajstić information content (AvgIpc) is 2.48. The van der Waals surface area contributed by atoms with Gasteiger partial charge in [-0.1, -0.05) is 0 Å². The quantitative estimate of drug-likeness (QED) is 0.778. The lowest BCUT2D eigenvalue weighted by Gasteiger charge is -2.12. The minimum Gasteiger partial charge on any atom is -0.351 e. The summed E-state index contributed by atoms with van der Waals surface area (Å²) >= 11 is 0. The normalized spacial score (nSPS) is 12.0. The predicted molar refractivity (Wildman–Crippen MR) is 52.4 cm³/mol. The second-order valence-electron chi connectivity index (χ2n) is 3.55. The highest BCUT2D eigenvalue weighted by Crippen LogP contribution is 2.18. The van der Waals surface area contributed by atoms with Crippen LogP contribution >= 0.6 is 0 Å². The highest BCUT2D eigenvalue weighted by atomic mass is 19.3. The van der Waals surface area contributed by atoms with Gasteiger partial charge >= 0.3 is 0 Å². The van der Waals surface area contributed by atoms with Gasteiger partial charge in [-0.25, -0.2) is 8.78 Å². The van der Waals surface area contributed by atoms with Gasteiger partial charge in [0.15, 0.2) is 0 Å². The van der Waals surface area contributed by atoms with Gasteiger partial charge in [-0.05, 0) is 32.0 Å². The van der Waals surface area contributed by atoms with Crippen LogP contribution in [0.25, 0.3) is 0 Å². The molecule has 0 aliphatic rings. The Hall–Kier alpha value is -0.900. The first-order valence-corrected chi connectivity index (χ1v) is 4.75. The summed E-state index contributed by atoms with van der Waals surface area (Å²) in [5.74, 6) is -2.59. The van der Waals surface area contributed by atoms with Gasteiger partial charge in [0.2, 0.25) is 5.92 Å². The zero-order chi connectivity index (χ0) is 10.6. The molecule has 80 valence electrons. The monoisotopic (exact) mass is 202 g/mol. The van der Waals surface area contributed by atoms with Crippen molar-refractivity contribution in [2.45, 2.75) is 32.2 Å². The molecule has 0 aliphatic heterocycles. The Labute approximate surface area is 82.7 Å². The van der Waals surface area contributed by atoms with Crippen molar-refractivity contribution < 1.29 is 8.78 Å². The third-order valence-electron chi connectivity index (χ3n) is 2.12. The zero-order valence-corrected chi connectivity index (χ0v) is 8.34. The highest BCUT2D eigenvalue weighted by molar-refractivity contribution is 5.07. The molecule has 0 aromatic carbocycles. The molecule has 1 heterocycles. The average molecular weight is 202 g/mol. The van der Waals surface area contributed by atoms with Gasteiger partial charge in [-0.15, -0.1) is 0 Å². The Morgan fingerprint density at radius 2 is 2.21 bits per heavy atom. The van der Waals surface area contributed by atoms with Crippen molar-refractivity contribution in [3.05, 3.63) is 24.0 Å². The molecule has 0 aliphatic carbocycles. The van der Waals surface area contributed by atoms with E-state index in [0.717, 1.165) is 19.0 Å². The number of rotatable bonds is 5. The van der Waals surface area contributed by atoms with Crippen LogP contribution in [-0.2, 0) is 13.0 Å². The smallest absolute Gasteiger partial charge is 0.247 e. The maximum absolute atomic E-state index is 12.6. The molecule has 0 fully saturated rings. The molecule has 1 aromatic rings. The van der Waals surface area contributed by atoms with Crippen molar-refractivity contribution in [1.82, 2.24) is 4.57 Å². The fourth-order valence-corrected chi connectivity index (χ4v) is 1.36. The van der Waals surface area contributed by atoms with Crippen LogP contribution in [-0.4, -0.2) is 17.0 Å². The molecular weight excluding hydrogens is 186 g/mol. The molecule has 0 amide bonds. The minimum atomic E-state index is -2.59. The lowest BCUT2D eigenvalue weighted by molar-refractivity contribution is 0.00856. The molecule has 0 radical (unpaired) electrons. The largest absolute Gasteiger partial charge is 0.351 e. The Morgan fingerprint density at radius 3 is 2.79 bits per heavy atom. The molecule has 1 rings (SSSR count). The van der Waals surface area contributed by atoms with E-state index >= 15 is 0 Å². The molecule has 4 heteroatoms. The third kappa shape index (κ3) is 3.46. The first kappa shape index (κ1) is 11.2. The van der Waals surface area contributed by atoms with Crippen LogP contribution in [0.2, 0.25) is 0 Å². The molecule has 0 saturated heterocycles. The van der Waals surface area contributed by atoms with Gasteiger partial charge in [0, 0.05) is 24.9 Å². The summed E-state index contributed by atoms with van der Waals surface area (Å²) in [6.07, 6.45) is 2.43. The van der Waals surface area contributed by atoms with Crippen molar-refractivity contribution in [2.75, 3.05) is 6.54 Å². The number of alkyl halides is 2. The van der Waals surface area contributed by atoms with E-state index in [1.54, 1.807) is 0 Å². The molecule has 2 N–H and O–H groups in total. The van der Waals surface area contributed by atoms with Gasteiger partial charge in [0.1, 0.15) is 0 Å². The first-order valence-electron chi connectivity index (χ1n) is 4.75. The van der Waals surface area contributed by atoms with E-state index in [9.17, 15) is 8.78 Å². The van der Waals surface area contributed by atoms with E-state index < -0.39 is 5.92 Å². The molecule has 2 nitrogen and oxygen atoms in total. The Bertz CT molecular complexity index is 276. The maximum atomic E-state index is 12.6. The molecule has 0 atom stereocenters. The number of halogens is 2. The molecule has 0 bridgehead atoms. The molecule has 0 saturated carbocycles. The van der Waals surface area contributed by atoms with E-state index in [4.69, 9.17) is 5.73 Å². The number of hydrogen-bond donors (Lipinski definition) is 1. The van der Waals surface area contributed by atoms with Crippen LogP contribution in [0, 0.1) is 0 Å². The number of aromatic nitrogens is 1. The van der Waals surface area contributed by atoms with Crippen LogP contribution in [0.15, 0.2) is 18.3 Å². The van der Waals surface area contributed by atoms with E-state index in [2.05, 4.69) is 0 Å². The van der Waals surface area contributed by atoms with Gasteiger partial charge in [-0.2, -0.15) is 0 Å². The molecule has 0 spiro atoms. The Morgan fingerprint density at radius 1 is 1.50 bits per heavy atom. The SMILES string of the molecule is CC(F)(F)CCn1cccc1CCN. The second-order valence-corrected chi connectivity index (χ2v) is 3.55. The minimum absolute atomic E-state index is 0.126. The van der Waals surface area contributed by atoms with Crippen molar-refractivity contribution in [3.8, 4) is 0 Å². The fourth-order valence-electron chi connectivity index (χ4n) is 1.36. The van der Waals surface area contributed by atoms with Crippen LogP contribution in [0.4, 0.5) is 8.78 Å². The summed E-state index contributed by atoms with van der Waals surface area (Å²) in [7, 11) is 0. The van der Waals surface area contributed by atoms with Gasteiger partial charge in [-0.3, -0.25) is 0 Å². The number of nitrogens with two attached hydrogens (primary N) is 1. The van der Waals surface area contributed by atoms with E-state index in [1.807, 2.05) is 22.9 Å². The number of aryl methyl sites for hydroxylation is 1. The Kier molecular flexibility index (Phi) is 3.63. The number of nitrogens with zero attached hydrogens (tertiary/aromatic N) is 1. The fraction of sp³-hybridized carbons (Fsp3) is 0.600. The van der Waals surface area contributed by atoms with E-state index in [-0.39, 0.29) is 6.42 Å². The molecule has 1 aromatic heterocycles. The van der Waals surface area contributed by atoms with Crippen molar-refractivity contribution in [3.63, 3.8) is 0 Å². The van der Waals surface area contributed by atoms with Crippen LogP contribution < -0.4 is 5.73 Å². The molecule has 0 unspecified atom stereocenters. The Balaban J connectivity index is 2.53. The standard InChI is InChI=1S/C10H16F2N2/c1-10(11,12)5-8-14-7-2-3-9(14)4-6-13/h2-3,7H,4-6,8,13H2,1H3. The molecule has 14 heavy (non-hydrogen) atoms. The maximum Gasteiger partial charge on any atom is 0.247 e. The topological polar surface area (TPSA) is 30.9 Å². The van der Waals surface area contributed by atoms with Crippen molar-refractivity contribution >= 4 is 0 Å². The molecular formula is C10H16F2N2. The van der Waals surface area contributed by atoms with Gasteiger partial charge < -0.3 is 10.3 Å². The van der Waals surface area contributed by atoms with Crippen molar-refractivity contribution in [1.29, 1.82) is 0 Å². The summed E-state index contributed by atoms with van der Waals surface area (Å²) < 4.78 is 27.0.